The fourth-order valence-electron chi connectivity index (χ4n) is 1.63. The van der Waals surface area contributed by atoms with Gasteiger partial charge in [-0.05, 0) is 24.6 Å². The fraction of sp³-hybridized carbons (Fsp3) is 0.364. The number of primary sulfonamides is 1. The maximum atomic E-state index is 12.0. The maximum absolute atomic E-state index is 12.0. The van der Waals surface area contributed by atoms with Crippen LogP contribution in [0.2, 0.25) is 5.02 Å². The van der Waals surface area contributed by atoms with Gasteiger partial charge in [0.25, 0.3) is 5.91 Å². The highest BCUT2D eigenvalue weighted by molar-refractivity contribution is 7.90. The van der Waals surface area contributed by atoms with Crippen molar-refractivity contribution in [2.75, 3.05) is 18.6 Å². The van der Waals surface area contributed by atoms with Crippen molar-refractivity contribution in [3.8, 4) is 0 Å². The first-order valence-corrected chi connectivity index (χ1v) is 9.69. The average Bonchev–Trinajstić information content (AvgIpc) is 2.28. The highest BCUT2D eigenvalue weighted by Gasteiger charge is 2.19. The molecule has 1 aromatic carbocycles. The van der Waals surface area contributed by atoms with Crippen molar-refractivity contribution < 1.29 is 21.6 Å². The van der Waals surface area contributed by atoms with E-state index in [4.69, 9.17) is 16.7 Å². The summed E-state index contributed by atoms with van der Waals surface area (Å²) >= 11 is 5.78. The Morgan fingerprint density at radius 2 is 1.86 bits per heavy atom. The summed E-state index contributed by atoms with van der Waals surface area (Å²) in [5.41, 5.74) is 0.179. The summed E-state index contributed by atoms with van der Waals surface area (Å²) in [7, 11) is -7.22. The van der Waals surface area contributed by atoms with Crippen molar-refractivity contribution in [2.24, 2.45) is 5.14 Å². The molecule has 0 fully saturated rings. The van der Waals surface area contributed by atoms with Crippen LogP contribution in [0.4, 0.5) is 0 Å². The Balaban J connectivity index is 3.08. The first-order chi connectivity index (χ1) is 9.42. The Kier molecular flexibility index (Phi) is 5.37. The summed E-state index contributed by atoms with van der Waals surface area (Å²) in [6.45, 7) is 1.33. The Morgan fingerprint density at radius 1 is 1.29 bits per heavy atom. The second kappa shape index (κ2) is 6.30. The van der Waals surface area contributed by atoms with Crippen molar-refractivity contribution in [3.63, 3.8) is 0 Å². The van der Waals surface area contributed by atoms with Gasteiger partial charge in [0.2, 0.25) is 10.0 Å². The number of nitrogens with two attached hydrogens (primary N) is 1. The van der Waals surface area contributed by atoms with Crippen LogP contribution in [0.25, 0.3) is 0 Å². The minimum atomic E-state index is -4.02. The van der Waals surface area contributed by atoms with Crippen LogP contribution in [0.3, 0.4) is 0 Å². The van der Waals surface area contributed by atoms with Crippen molar-refractivity contribution in [1.82, 2.24) is 5.32 Å². The molecule has 1 rings (SSSR count). The Bertz CT molecular complexity index is 772. The van der Waals surface area contributed by atoms with E-state index in [0.717, 1.165) is 12.3 Å². The van der Waals surface area contributed by atoms with Gasteiger partial charge in [-0.15, -0.1) is 0 Å². The Hall–Kier alpha value is -1.16. The molecule has 1 aromatic rings. The number of carbonyl (C=O) groups excluding carboxylic acids is 1. The van der Waals surface area contributed by atoms with E-state index in [9.17, 15) is 21.6 Å². The van der Waals surface area contributed by atoms with Gasteiger partial charge in [-0.1, -0.05) is 11.6 Å². The molecule has 0 aliphatic rings. The molecule has 0 radical (unpaired) electrons. The number of sulfonamides is 1. The molecule has 0 aromatic heterocycles. The summed E-state index contributed by atoms with van der Waals surface area (Å²) in [6, 6.07) is 2.45. The number of carbonyl (C=O) groups is 1. The van der Waals surface area contributed by atoms with Gasteiger partial charge in [0, 0.05) is 23.4 Å². The summed E-state index contributed by atoms with van der Waals surface area (Å²) in [5, 5.41) is 7.48. The van der Waals surface area contributed by atoms with Crippen molar-refractivity contribution in [2.45, 2.75) is 11.8 Å². The van der Waals surface area contributed by atoms with E-state index in [1.54, 1.807) is 0 Å². The predicted molar refractivity (Wildman–Crippen MR) is 79.6 cm³/mol. The number of hydrogen-bond acceptors (Lipinski definition) is 5. The third-order valence-corrected chi connectivity index (χ3v) is 4.84. The van der Waals surface area contributed by atoms with E-state index in [1.165, 1.54) is 13.0 Å². The number of halogens is 1. The molecular weight excluding hydrogens is 340 g/mol. The van der Waals surface area contributed by atoms with Crippen LogP contribution < -0.4 is 10.5 Å². The third-order valence-electron chi connectivity index (χ3n) is 2.63. The third kappa shape index (κ3) is 5.27. The smallest absolute Gasteiger partial charge is 0.251 e. The van der Waals surface area contributed by atoms with E-state index < -0.39 is 25.8 Å². The highest BCUT2D eigenvalue weighted by atomic mass is 35.5. The van der Waals surface area contributed by atoms with Gasteiger partial charge in [0.1, 0.15) is 9.84 Å². The minimum absolute atomic E-state index is 0.0278. The standard InChI is InChI=1S/C11H15ClN2O5S2/c1-7-9(11(15)14-3-4-20(2,16)17)5-8(12)6-10(7)21(13,18)19/h5-6H,3-4H2,1-2H3,(H,14,15)(H2,13,18,19). The van der Waals surface area contributed by atoms with E-state index in [-0.39, 0.29) is 33.3 Å². The van der Waals surface area contributed by atoms with Crippen LogP contribution in [-0.2, 0) is 19.9 Å². The van der Waals surface area contributed by atoms with Crippen LogP contribution >= 0.6 is 11.6 Å². The molecule has 0 bridgehead atoms. The lowest BCUT2D eigenvalue weighted by atomic mass is 10.1. The number of nitrogens with one attached hydrogen (secondary N) is 1. The molecule has 0 saturated carbocycles. The van der Waals surface area contributed by atoms with E-state index in [1.807, 2.05) is 0 Å². The van der Waals surface area contributed by atoms with Crippen molar-refractivity contribution >= 4 is 37.4 Å². The largest absolute Gasteiger partial charge is 0.351 e. The van der Waals surface area contributed by atoms with Gasteiger partial charge in [0.05, 0.1) is 10.6 Å². The molecule has 21 heavy (non-hydrogen) atoms. The normalized spacial score (nSPS) is 12.2. The van der Waals surface area contributed by atoms with Crippen LogP contribution in [0.1, 0.15) is 15.9 Å². The molecule has 0 spiro atoms. The molecule has 118 valence electrons. The molecule has 0 unspecified atom stereocenters. The molecule has 0 atom stereocenters. The highest BCUT2D eigenvalue weighted by Crippen LogP contribution is 2.23. The fourth-order valence-corrected chi connectivity index (χ4v) is 3.21. The maximum Gasteiger partial charge on any atom is 0.251 e. The monoisotopic (exact) mass is 354 g/mol. The van der Waals surface area contributed by atoms with E-state index >= 15 is 0 Å². The molecule has 0 aliphatic heterocycles. The quantitative estimate of drug-likeness (QED) is 0.774. The summed E-state index contributed by atoms with van der Waals surface area (Å²) in [4.78, 5) is 11.7. The molecule has 0 saturated heterocycles. The number of hydrogen-bond donors (Lipinski definition) is 2. The Morgan fingerprint density at radius 3 is 2.33 bits per heavy atom. The lowest BCUT2D eigenvalue weighted by molar-refractivity contribution is 0.0955. The summed E-state index contributed by atoms with van der Waals surface area (Å²) in [6.07, 6.45) is 1.04. The topological polar surface area (TPSA) is 123 Å². The van der Waals surface area contributed by atoms with Crippen LogP contribution in [0, 0.1) is 6.92 Å². The van der Waals surface area contributed by atoms with Gasteiger partial charge in [-0.3, -0.25) is 4.79 Å². The average molecular weight is 355 g/mol. The molecule has 7 nitrogen and oxygen atoms in total. The van der Waals surface area contributed by atoms with Crippen LogP contribution in [0.5, 0.6) is 0 Å². The lowest BCUT2D eigenvalue weighted by Gasteiger charge is -2.11. The zero-order valence-electron chi connectivity index (χ0n) is 11.4. The summed E-state index contributed by atoms with van der Waals surface area (Å²) in [5.74, 6) is -0.844. The molecule has 0 heterocycles. The SMILES string of the molecule is Cc1c(C(=O)NCCS(C)(=O)=O)cc(Cl)cc1S(N)(=O)=O. The van der Waals surface area contributed by atoms with Gasteiger partial charge in [-0.25, -0.2) is 22.0 Å². The number of sulfone groups is 1. The predicted octanol–water partition coefficient (Wildman–Crippen LogP) is 0.0702. The zero-order valence-corrected chi connectivity index (χ0v) is 13.8. The number of benzene rings is 1. The molecular formula is C11H15ClN2O5S2. The lowest BCUT2D eigenvalue weighted by Crippen LogP contribution is -2.29. The van der Waals surface area contributed by atoms with Gasteiger partial charge in [0.15, 0.2) is 0 Å². The zero-order chi connectivity index (χ0) is 16.4. The van der Waals surface area contributed by atoms with E-state index in [2.05, 4.69) is 5.32 Å². The number of rotatable bonds is 5. The Labute approximate surface area is 128 Å². The first kappa shape index (κ1) is 17.9. The van der Waals surface area contributed by atoms with Gasteiger partial charge >= 0.3 is 0 Å². The van der Waals surface area contributed by atoms with Crippen molar-refractivity contribution in [1.29, 1.82) is 0 Å². The van der Waals surface area contributed by atoms with Gasteiger partial charge < -0.3 is 5.32 Å². The van der Waals surface area contributed by atoms with Gasteiger partial charge in [-0.2, -0.15) is 0 Å². The van der Waals surface area contributed by atoms with Crippen LogP contribution in [-0.4, -0.2) is 41.3 Å². The first-order valence-electron chi connectivity index (χ1n) is 5.70. The van der Waals surface area contributed by atoms with Crippen LogP contribution in [0.15, 0.2) is 17.0 Å². The summed E-state index contributed by atoms with van der Waals surface area (Å²) < 4.78 is 44.8. The molecule has 3 N–H and O–H groups in total. The number of amides is 1. The molecule has 1 amide bonds. The second-order valence-corrected chi connectivity index (χ2v) is 8.73. The molecule has 0 aliphatic carbocycles. The minimum Gasteiger partial charge on any atom is -0.351 e. The molecule has 10 heteroatoms. The second-order valence-electron chi connectivity index (χ2n) is 4.51. The van der Waals surface area contributed by atoms with E-state index in [0.29, 0.717) is 0 Å². The van der Waals surface area contributed by atoms with Crippen molar-refractivity contribution in [3.05, 3.63) is 28.3 Å².